The molecule has 126 valence electrons. The molecule has 0 aliphatic heterocycles. The van der Waals surface area contributed by atoms with Crippen LogP contribution in [0.15, 0.2) is 35.7 Å². The number of carbonyl (C=O) groups excluding carboxylic acids is 1. The van der Waals surface area contributed by atoms with Crippen molar-refractivity contribution in [2.24, 2.45) is 0 Å². The molecule has 0 unspecified atom stereocenters. The van der Waals surface area contributed by atoms with Crippen LogP contribution < -0.4 is 10.1 Å². The molecular weight excluding hydrogens is 328 g/mol. The molecule has 1 heterocycles. The predicted molar refractivity (Wildman–Crippen MR) is 93.3 cm³/mol. The lowest BCUT2D eigenvalue weighted by Gasteiger charge is -2.03. The Morgan fingerprint density at radius 1 is 1.33 bits per heavy atom. The number of carbonyl (C=O) groups is 2. The van der Waals surface area contributed by atoms with Crippen LogP contribution in [-0.4, -0.2) is 28.6 Å². The van der Waals surface area contributed by atoms with Crippen LogP contribution in [0.1, 0.15) is 24.6 Å². The molecule has 1 amide bonds. The van der Waals surface area contributed by atoms with Crippen molar-refractivity contribution >= 4 is 34.4 Å². The number of aromatic nitrogens is 1. The Kier molecular flexibility index (Phi) is 6.51. The fraction of sp³-hybridized carbons (Fsp3) is 0.235. The van der Waals surface area contributed by atoms with E-state index in [1.54, 1.807) is 11.5 Å². The summed E-state index contributed by atoms with van der Waals surface area (Å²) >= 11 is 1.19. The lowest BCUT2D eigenvalue weighted by molar-refractivity contribution is -0.136. The van der Waals surface area contributed by atoms with Gasteiger partial charge in [0, 0.05) is 11.5 Å². The topological polar surface area (TPSA) is 88.5 Å². The summed E-state index contributed by atoms with van der Waals surface area (Å²) in [5, 5.41) is 13.3. The second-order valence-electron chi connectivity index (χ2n) is 4.95. The van der Waals surface area contributed by atoms with Gasteiger partial charge >= 0.3 is 5.97 Å². The number of ether oxygens (including phenoxy) is 1. The maximum atomic E-state index is 11.9. The van der Waals surface area contributed by atoms with Crippen LogP contribution in [0.2, 0.25) is 0 Å². The molecule has 2 N–H and O–H groups in total. The Labute approximate surface area is 143 Å². The Morgan fingerprint density at radius 2 is 2.08 bits per heavy atom. The van der Waals surface area contributed by atoms with E-state index in [0.29, 0.717) is 17.4 Å². The van der Waals surface area contributed by atoms with Crippen molar-refractivity contribution in [1.29, 1.82) is 0 Å². The number of amides is 1. The van der Waals surface area contributed by atoms with Gasteiger partial charge in [0.1, 0.15) is 5.75 Å². The normalized spacial score (nSPS) is 10.7. The van der Waals surface area contributed by atoms with Crippen LogP contribution in [0.4, 0.5) is 5.13 Å². The zero-order valence-corrected chi connectivity index (χ0v) is 14.0. The Hall–Kier alpha value is -2.67. The van der Waals surface area contributed by atoms with Crippen molar-refractivity contribution in [3.63, 3.8) is 0 Å². The summed E-state index contributed by atoms with van der Waals surface area (Å²) in [6.45, 7) is 2.72. The van der Waals surface area contributed by atoms with Gasteiger partial charge in [0.25, 0.3) is 0 Å². The van der Waals surface area contributed by atoms with Crippen LogP contribution in [0.3, 0.4) is 0 Å². The first-order valence-electron chi connectivity index (χ1n) is 7.45. The highest BCUT2D eigenvalue weighted by atomic mass is 32.1. The average Bonchev–Trinajstić information content (AvgIpc) is 2.98. The first-order valence-corrected chi connectivity index (χ1v) is 8.33. The SMILES string of the molecule is CCCOc1ccc(/C=C/C(=O)Nc2nc(CC(=O)O)cs2)cc1. The van der Waals surface area contributed by atoms with Gasteiger partial charge < -0.3 is 9.84 Å². The number of nitrogens with one attached hydrogen (secondary N) is 1. The minimum atomic E-state index is -0.954. The van der Waals surface area contributed by atoms with Crippen LogP contribution in [0, 0.1) is 0 Å². The molecule has 2 rings (SSSR count). The van der Waals surface area contributed by atoms with Crippen molar-refractivity contribution in [3.05, 3.63) is 47.0 Å². The van der Waals surface area contributed by atoms with E-state index >= 15 is 0 Å². The first kappa shape index (κ1) is 17.7. The fourth-order valence-electron chi connectivity index (χ4n) is 1.81. The number of hydrogen-bond donors (Lipinski definition) is 2. The van der Waals surface area contributed by atoms with Gasteiger partial charge in [-0.05, 0) is 30.2 Å². The Bertz CT molecular complexity index is 722. The van der Waals surface area contributed by atoms with Gasteiger partial charge in [0.2, 0.25) is 5.91 Å². The molecule has 7 heteroatoms. The summed E-state index contributed by atoms with van der Waals surface area (Å²) in [4.78, 5) is 26.5. The third-order valence-corrected chi connectivity index (χ3v) is 3.70. The van der Waals surface area contributed by atoms with Crippen molar-refractivity contribution in [3.8, 4) is 5.75 Å². The number of nitrogens with zero attached hydrogens (tertiary/aromatic N) is 1. The third-order valence-electron chi connectivity index (χ3n) is 2.89. The predicted octanol–water partition coefficient (Wildman–Crippen LogP) is 3.21. The quantitative estimate of drug-likeness (QED) is 0.717. The van der Waals surface area contributed by atoms with E-state index in [0.717, 1.165) is 17.7 Å². The van der Waals surface area contributed by atoms with E-state index in [2.05, 4.69) is 10.3 Å². The zero-order valence-electron chi connectivity index (χ0n) is 13.2. The summed E-state index contributed by atoms with van der Waals surface area (Å²) in [5.41, 5.74) is 1.30. The standard InChI is InChI=1S/C17H18N2O4S/c1-2-9-23-14-6-3-12(4-7-14)5-8-15(20)19-17-18-13(11-24-17)10-16(21)22/h3-8,11H,2,9-10H2,1H3,(H,21,22)(H,18,19,20)/b8-5+. The highest BCUT2D eigenvalue weighted by Gasteiger charge is 2.07. The smallest absolute Gasteiger partial charge is 0.309 e. The number of carboxylic acids is 1. The van der Waals surface area contributed by atoms with Gasteiger partial charge in [-0.3, -0.25) is 14.9 Å². The lowest BCUT2D eigenvalue weighted by atomic mass is 10.2. The van der Waals surface area contributed by atoms with Gasteiger partial charge in [0.15, 0.2) is 5.13 Å². The molecule has 0 atom stereocenters. The molecular formula is C17H18N2O4S. The molecule has 0 saturated heterocycles. The van der Waals surface area contributed by atoms with Crippen LogP contribution >= 0.6 is 11.3 Å². The minimum absolute atomic E-state index is 0.158. The molecule has 0 aliphatic rings. The zero-order chi connectivity index (χ0) is 17.4. The van der Waals surface area contributed by atoms with Gasteiger partial charge in [-0.1, -0.05) is 19.1 Å². The summed E-state index contributed by atoms with van der Waals surface area (Å²) in [7, 11) is 0. The van der Waals surface area contributed by atoms with E-state index < -0.39 is 5.97 Å². The molecule has 0 spiro atoms. The maximum Gasteiger partial charge on any atom is 0.309 e. The van der Waals surface area contributed by atoms with Crippen molar-refractivity contribution in [1.82, 2.24) is 4.98 Å². The van der Waals surface area contributed by atoms with E-state index in [4.69, 9.17) is 9.84 Å². The number of thiazole rings is 1. The molecule has 1 aromatic carbocycles. The summed E-state index contributed by atoms with van der Waals surface area (Å²) in [6.07, 6.45) is 3.88. The van der Waals surface area contributed by atoms with Crippen molar-refractivity contribution < 1.29 is 19.4 Å². The van der Waals surface area contributed by atoms with E-state index in [1.807, 2.05) is 31.2 Å². The lowest BCUT2D eigenvalue weighted by Crippen LogP contribution is -2.08. The van der Waals surface area contributed by atoms with Gasteiger partial charge in [-0.25, -0.2) is 4.98 Å². The monoisotopic (exact) mass is 346 g/mol. The largest absolute Gasteiger partial charge is 0.494 e. The number of anilines is 1. The van der Waals surface area contributed by atoms with Crippen LogP contribution in [0.25, 0.3) is 6.08 Å². The molecule has 0 saturated carbocycles. The average molecular weight is 346 g/mol. The van der Waals surface area contributed by atoms with E-state index in [9.17, 15) is 9.59 Å². The van der Waals surface area contributed by atoms with Crippen molar-refractivity contribution in [2.75, 3.05) is 11.9 Å². The van der Waals surface area contributed by atoms with Gasteiger partial charge in [-0.15, -0.1) is 11.3 Å². The third kappa shape index (κ3) is 5.85. The molecule has 0 bridgehead atoms. The number of carboxylic acid groups (broad SMARTS) is 1. The van der Waals surface area contributed by atoms with Crippen molar-refractivity contribution in [2.45, 2.75) is 19.8 Å². The summed E-state index contributed by atoms with van der Waals surface area (Å²) < 4.78 is 5.49. The van der Waals surface area contributed by atoms with Gasteiger partial charge in [-0.2, -0.15) is 0 Å². The Morgan fingerprint density at radius 3 is 2.75 bits per heavy atom. The maximum absolute atomic E-state index is 11.9. The second-order valence-corrected chi connectivity index (χ2v) is 5.81. The molecule has 24 heavy (non-hydrogen) atoms. The first-order chi connectivity index (χ1) is 11.6. The molecule has 0 fully saturated rings. The Balaban J connectivity index is 1.88. The molecule has 6 nitrogen and oxygen atoms in total. The van der Waals surface area contributed by atoms with E-state index in [-0.39, 0.29) is 12.3 Å². The van der Waals surface area contributed by atoms with Crippen LogP contribution in [-0.2, 0) is 16.0 Å². The second kappa shape index (κ2) is 8.83. The number of benzene rings is 1. The van der Waals surface area contributed by atoms with Gasteiger partial charge in [0.05, 0.1) is 18.7 Å². The molecule has 0 aliphatic carbocycles. The number of aliphatic carboxylic acids is 1. The molecule has 0 radical (unpaired) electrons. The highest BCUT2D eigenvalue weighted by molar-refractivity contribution is 7.14. The molecule has 2 aromatic rings. The number of rotatable bonds is 8. The summed E-state index contributed by atoms with van der Waals surface area (Å²) in [5.74, 6) is -0.478. The number of hydrogen-bond acceptors (Lipinski definition) is 5. The van der Waals surface area contributed by atoms with E-state index in [1.165, 1.54) is 17.4 Å². The highest BCUT2D eigenvalue weighted by Crippen LogP contribution is 2.16. The fourth-order valence-corrected chi connectivity index (χ4v) is 2.53. The minimum Gasteiger partial charge on any atom is -0.494 e. The summed E-state index contributed by atoms with van der Waals surface area (Å²) in [6, 6.07) is 7.44. The molecule has 1 aromatic heterocycles. The van der Waals surface area contributed by atoms with Crippen LogP contribution in [0.5, 0.6) is 5.75 Å².